The van der Waals surface area contributed by atoms with Crippen molar-refractivity contribution in [1.82, 2.24) is 9.78 Å². The van der Waals surface area contributed by atoms with Gasteiger partial charge in [0, 0.05) is 0 Å². The van der Waals surface area contributed by atoms with E-state index in [1.54, 1.807) is 31.2 Å². The Morgan fingerprint density at radius 1 is 1.29 bits per heavy atom. The number of anilines is 1. The van der Waals surface area contributed by atoms with E-state index in [9.17, 15) is 13.2 Å². The highest BCUT2D eigenvalue weighted by Gasteiger charge is 2.38. The molecule has 1 heterocycles. The number of nitriles is 1. The van der Waals surface area contributed by atoms with E-state index in [1.807, 2.05) is 6.07 Å². The van der Waals surface area contributed by atoms with Gasteiger partial charge in [0.15, 0.2) is 5.69 Å². The zero-order valence-corrected chi connectivity index (χ0v) is 11.4. The molecule has 21 heavy (non-hydrogen) atoms. The topological polar surface area (TPSA) is 67.6 Å². The lowest BCUT2D eigenvalue weighted by Crippen LogP contribution is -2.12. The van der Waals surface area contributed by atoms with Crippen molar-refractivity contribution in [2.75, 3.05) is 5.73 Å². The van der Waals surface area contributed by atoms with Crippen LogP contribution in [0.4, 0.5) is 18.9 Å². The zero-order valence-electron chi connectivity index (χ0n) is 11.4. The number of rotatable bonds is 2. The van der Waals surface area contributed by atoms with Crippen LogP contribution in [0.2, 0.25) is 0 Å². The molecule has 1 aromatic heterocycles. The molecule has 110 valence electrons. The molecule has 0 unspecified atom stereocenters. The van der Waals surface area contributed by atoms with E-state index in [1.165, 1.54) is 11.6 Å². The van der Waals surface area contributed by atoms with Crippen LogP contribution in [0.3, 0.4) is 0 Å². The van der Waals surface area contributed by atoms with Gasteiger partial charge in [-0.1, -0.05) is 12.1 Å². The fourth-order valence-corrected chi connectivity index (χ4v) is 2.10. The van der Waals surface area contributed by atoms with Crippen LogP contribution in [-0.2, 0) is 6.18 Å². The lowest BCUT2D eigenvalue weighted by atomic mass is 10.1. The molecule has 2 aromatic rings. The van der Waals surface area contributed by atoms with E-state index in [2.05, 4.69) is 5.10 Å². The Balaban J connectivity index is 2.44. The number of aromatic nitrogens is 2. The van der Waals surface area contributed by atoms with Gasteiger partial charge in [-0.05, 0) is 31.5 Å². The van der Waals surface area contributed by atoms with Crippen LogP contribution in [0.5, 0.6) is 0 Å². The third-order valence-corrected chi connectivity index (χ3v) is 3.35. The molecule has 0 amide bonds. The van der Waals surface area contributed by atoms with Crippen molar-refractivity contribution in [3.05, 3.63) is 46.8 Å². The summed E-state index contributed by atoms with van der Waals surface area (Å²) >= 11 is 0. The normalized spacial score (nSPS) is 13.0. The second kappa shape index (κ2) is 5.13. The lowest BCUT2D eigenvalue weighted by molar-refractivity contribution is -0.140. The largest absolute Gasteiger partial charge is 0.437 e. The second-order valence-electron chi connectivity index (χ2n) is 4.70. The standard InChI is InChI=1S/C14H13F3N4/c1-8(11-5-3-10(7-18)4-6-11)21-9(2)12(19)13(20-21)14(15,16)17/h3-6,8H,19H2,1-2H3/t8-/m0/s1. The fraction of sp³-hybridized carbons (Fsp3) is 0.286. The van der Waals surface area contributed by atoms with Gasteiger partial charge >= 0.3 is 6.18 Å². The van der Waals surface area contributed by atoms with Crippen molar-refractivity contribution in [1.29, 1.82) is 5.26 Å². The Labute approximate surface area is 119 Å². The van der Waals surface area contributed by atoms with E-state index in [-0.39, 0.29) is 11.4 Å². The first-order valence-corrected chi connectivity index (χ1v) is 6.17. The molecule has 7 heteroatoms. The average Bonchev–Trinajstić information content (AvgIpc) is 2.74. The molecule has 0 radical (unpaired) electrons. The minimum Gasteiger partial charge on any atom is -0.395 e. The number of nitrogen functional groups attached to an aromatic ring is 1. The lowest BCUT2D eigenvalue weighted by Gasteiger charge is -2.14. The van der Waals surface area contributed by atoms with Crippen molar-refractivity contribution in [3.8, 4) is 6.07 Å². The molecule has 0 spiro atoms. The summed E-state index contributed by atoms with van der Waals surface area (Å²) in [4.78, 5) is 0. The SMILES string of the molecule is Cc1c(N)c(C(F)(F)F)nn1[C@@H](C)c1ccc(C#N)cc1. The maximum absolute atomic E-state index is 12.8. The molecule has 0 aliphatic rings. The zero-order chi connectivity index (χ0) is 15.8. The van der Waals surface area contributed by atoms with Gasteiger partial charge in [0.25, 0.3) is 0 Å². The van der Waals surface area contributed by atoms with Crippen LogP contribution < -0.4 is 5.73 Å². The van der Waals surface area contributed by atoms with Gasteiger partial charge in [-0.25, -0.2) is 0 Å². The summed E-state index contributed by atoms with van der Waals surface area (Å²) in [6, 6.07) is 8.16. The summed E-state index contributed by atoms with van der Waals surface area (Å²) in [6.07, 6.45) is -4.58. The highest BCUT2D eigenvalue weighted by Crippen LogP contribution is 2.35. The van der Waals surface area contributed by atoms with Gasteiger partial charge in [-0.2, -0.15) is 23.5 Å². The maximum Gasteiger partial charge on any atom is 0.437 e. The molecule has 0 saturated carbocycles. The van der Waals surface area contributed by atoms with E-state index >= 15 is 0 Å². The third-order valence-electron chi connectivity index (χ3n) is 3.35. The van der Waals surface area contributed by atoms with Gasteiger partial charge in [0.2, 0.25) is 0 Å². The number of nitrogens with two attached hydrogens (primary N) is 1. The molecule has 2 rings (SSSR count). The molecule has 1 aromatic carbocycles. The van der Waals surface area contributed by atoms with Gasteiger partial charge in [0.05, 0.1) is 29.1 Å². The monoisotopic (exact) mass is 294 g/mol. The average molecular weight is 294 g/mol. The van der Waals surface area contributed by atoms with Crippen molar-refractivity contribution in [2.24, 2.45) is 0 Å². The van der Waals surface area contributed by atoms with E-state index in [4.69, 9.17) is 11.0 Å². The second-order valence-corrected chi connectivity index (χ2v) is 4.70. The van der Waals surface area contributed by atoms with Crippen LogP contribution >= 0.6 is 0 Å². The van der Waals surface area contributed by atoms with E-state index in [0.29, 0.717) is 5.56 Å². The summed E-state index contributed by atoms with van der Waals surface area (Å²) in [7, 11) is 0. The molecule has 0 aliphatic heterocycles. The molecule has 0 fully saturated rings. The van der Waals surface area contributed by atoms with Crippen molar-refractivity contribution < 1.29 is 13.2 Å². The minimum absolute atomic E-state index is 0.263. The Morgan fingerprint density at radius 2 is 1.86 bits per heavy atom. The molecule has 1 atom stereocenters. The molecular weight excluding hydrogens is 281 g/mol. The first-order chi connectivity index (χ1) is 9.75. The summed E-state index contributed by atoms with van der Waals surface area (Å²) < 4.78 is 39.7. The molecule has 2 N–H and O–H groups in total. The van der Waals surface area contributed by atoms with E-state index in [0.717, 1.165) is 5.56 Å². The van der Waals surface area contributed by atoms with Gasteiger partial charge < -0.3 is 5.73 Å². The van der Waals surface area contributed by atoms with Crippen molar-refractivity contribution >= 4 is 5.69 Å². The number of hydrogen-bond donors (Lipinski definition) is 1. The minimum atomic E-state index is -4.58. The van der Waals surface area contributed by atoms with Crippen LogP contribution in [-0.4, -0.2) is 9.78 Å². The molecule has 0 saturated heterocycles. The predicted molar refractivity (Wildman–Crippen MR) is 71.3 cm³/mol. The third kappa shape index (κ3) is 2.70. The first kappa shape index (κ1) is 14.9. The summed E-state index contributed by atoms with van der Waals surface area (Å²) in [6.45, 7) is 3.22. The smallest absolute Gasteiger partial charge is 0.395 e. The molecular formula is C14H13F3N4. The van der Waals surface area contributed by atoms with Gasteiger partial charge in [-0.3, -0.25) is 4.68 Å². The number of nitrogens with zero attached hydrogens (tertiary/aromatic N) is 3. The first-order valence-electron chi connectivity index (χ1n) is 6.17. The maximum atomic E-state index is 12.8. The summed E-state index contributed by atoms with van der Waals surface area (Å²) in [5.41, 5.74) is 5.57. The highest BCUT2D eigenvalue weighted by atomic mass is 19.4. The number of alkyl halides is 3. The summed E-state index contributed by atoms with van der Waals surface area (Å²) in [5.74, 6) is 0. The highest BCUT2D eigenvalue weighted by molar-refractivity contribution is 5.49. The number of hydrogen-bond acceptors (Lipinski definition) is 3. The van der Waals surface area contributed by atoms with Gasteiger partial charge in [-0.15, -0.1) is 0 Å². The molecule has 0 bridgehead atoms. The fourth-order valence-electron chi connectivity index (χ4n) is 2.10. The molecule has 0 aliphatic carbocycles. The van der Waals surface area contributed by atoms with Crippen molar-refractivity contribution in [3.63, 3.8) is 0 Å². The van der Waals surface area contributed by atoms with Crippen molar-refractivity contribution in [2.45, 2.75) is 26.1 Å². The van der Waals surface area contributed by atoms with Crippen LogP contribution in [0.15, 0.2) is 24.3 Å². The quantitative estimate of drug-likeness (QED) is 0.924. The summed E-state index contributed by atoms with van der Waals surface area (Å²) in [5, 5.41) is 12.3. The Bertz CT molecular complexity index is 693. The Hall–Kier alpha value is -2.49. The number of halogens is 3. The van der Waals surface area contributed by atoms with E-state index < -0.39 is 17.9 Å². The van der Waals surface area contributed by atoms with Gasteiger partial charge in [0.1, 0.15) is 0 Å². The Kier molecular flexibility index (Phi) is 3.64. The van der Waals surface area contributed by atoms with Crippen LogP contribution in [0, 0.1) is 18.3 Å². The van der Waals surface area contributed by atoms with Crippen LogP contribution in [0.1, 0.15) is 35.5 Å². The molecule has 4 nitrogen and oxygen atoms in total. The predicted octanol–water partition coefficient (Wildman–Crippen LogP) is 3.27. The Morgan fingerprint density at radius 3 is 2.29 bits per heavy atom. The van der Waals surface area contributed by atoms with Crippen LogP contribution in [0.25, 0.3) is 0 Å². The number of benzene rings is 1.